The molecule has 0 saturated carbocycles. The Bertz CT molecular complexity index is 611. The van der Waals surface area contributed by atoms with Crippen LogP contribution in [0, 0.1) is 28.8 Å². The van der Waals surface area contributed by atoms with E-state index in [1.54, 1.807) is 0 Å². The predicted molar refractivity (Wildman–Crippen MR) is 67.2 cm³/mol. The Morgan fingerprint density at radius 2 is 1.80 bits per heavy atom. The molecule has 0 radical (unpaired) electrons. The largest absolute Gasteiger partial charge is 0.387 e. The van der Waals surface area contributed by atoms with E-state index in [0.717, 1.165) is 7.05 Å². The average molecular weight is 309 g/mol. The van der Waals surface area contributed by atoms with Crippen LogP contribution in [0.2, 0.25) is 0 Å². The fraction of sp³-hybridized carbons (Fsp3) is 0.364. The number of benzene rings is 1. The molecule has 0 bridgehead atoms. The van der Waals surface area contributed by atoms with E-state index in [1.165, 1.54) is 6.92 Å². The van der Waals surface area contributed by atoms with E-state index in [4.69, 9.17) is 11.1 Å². The van der Waals surface area contributed by atoms with Crippen LogP contribution in [0.25, 0.3) is 0 Å². The standard InChI is InChI=1S/C11H14F3N3O2S/c1-6(11(15)16)5-17(2)20(18,19)10-8(13)3-7(12)4-9(10)14/h3-4,6H,5H2,1-2H3,(H3,15,16). The highest BCUT2D eigenvalue weighted by atomic mass is 32.2. The van der Waals surface area contributed by atoms with Crippen molar-refractivity contribution < 1.29 is 21.6 Å². The first kappa shape index (κ1) is 16.4. The van der Waals surface area contributed by atoms with E-state index < -0.39 is 38.3 Å². The molecule has 1 unspecified atom stereocenters. The minimum Gasteiger partial charge on any atom is -0.387 e. The summed E-state index contributed by atoms with van der Waals surface area (Å²) in [5.41, 5.74) is 5.21. The van der Waals surface area contributed by atoms with Crippen molar-refractivity contribution in [1.29, 1.82) is 5.41 Å². The summed E-state index contributed by atoms with van der Waals surface area (Å²) >= 11 is 0. The molecule has 0 aliphatic carbocycles. The fourth-order valence-corrected chi connectivity index (χ4v) is 2.86. The van der Waals surface area contributed by atoms with Gasteiger partial charge >= 0.3 is 0 Å². The van der Waals surface area contributed by atoms with Crippen molar-refractivity contribution in [3.63, 3.8) is 0 Å². The molecule has 0 aliphatic heterocycles. The van der Waals surface area contributed by atoms with Crippen LogP contribution in [0.5, 0.6) is 0 Å². The third kappa shape index (κ3) is 3.28. The van der Waals surface area contributed by atoms with E-state index >= 15 is 0 Å². The zero-order chi connectivity index (χ0) is 15.7. The van der Waals surface area contributed by atoms with Gasteiger partial charge in [-0.2, -0.15) is 0 Å². The number of nitrogens with two attached hydrogens (primary N) is 1. The number of amidine groups is 1. The van der Waals surface area contributed by atoms with Crippen LogP contribution < -0.4 is 5.73 Å². The van der Waals surface area contributed by atoms with Gasteiger partial charge in [0.05, 0.1) is 5.84 Å². The second-order valence-electron chi connectivity index (χ2n) is 4.34. The first-order valence-corrected chi connectivity index (χ1v) is 6.96. The third-order valence-electron chi connectivity index (χ3n) is 2.69. The molecule has 3 N–H and O–H groups in total. The predicted octanol–water partition coefficient (Wildman–Crippen LogP) is 1.30. The molecule has 1 atom stereocenters. The van der Waals surface area contributed by atoms with Gasteiger partial charge in [0, 0.05) is 31.6 Å². The Balaban J connectivity index is 3.21. The van der Waals surface area contributed by atoms with Crippen LogP contribution in [0.4, 0.5) is 13.2 Å². The number of nitrogens with one attached hydrogen (secondary N) is 1. The van der Waals surface area contributed by atoms with Crippen molar-refractivity contribution in [2.24, 2.45) is 11.7 Å². The van der Waals surface area contributed by atoms with Crippen molar-refractivity contribution in [2.45, 2.75) is 11.8 Å². The van der Waals surface area contributed by atoms with Crippen LogP contribution in [0.3, 0.4) is 0 Å². The summed E-state index contributed by atoms with van der Waals surface area (Å²) in [6.07, 6.45) is 0. The summed E-state index contributed by atoms with van der Waals surface area (Å²) in [5.74, 6) is -5.11. The first-order valence-electron chi connectivity index (χ1n) is 5.52. The van der Waals surface area contributed by atoms with Gasteiger partial charge in [-0.25, -0.2) is 25.9 Å². The van der Waals surface area contributed by atoms with Gasteiger partial charge in [0.25, 0.3) is 0 Å². The molecule has 20 heavy (non-hydrogen) atoms. The minimum absolute atomic E-state index is 0.228. The molecule has 0 amide bonds. The molecule has 1 rings (SSSR count). The monoisotopic (exact) mass is 309 g/mol. The molecule has 0 spiro atoms. The summed E-state index contributed by atoms with van der Waals surface area (Å²) < 4.78 is 64.6. The van der Waals surface area contributed by atoms with Crippen LogP contribution in [-0.4, -0.2) is 32.2 Å². The van der Waals surface area contributed by atoms with Crippen LogP contribution in [-0.2, 0) is 10.0 Å². The highest BCUT2D eigenvalue weighted by Gasteiger charge is 2.30. The van der Waals surface area contributed by atoms with Gasteiger partial charge in [0.1, 0.15) is 17.5 Å². The van der Waals surface area contributed by atoms with Crippen molar-refractivity contribution in [2.75, 3.05) is 13.6 Å². The Morgan fingerprint density at radius 3 is 2.20 bits per heavy atom. The SMILES string of the molecule is CC(CN(C)S(=O)(=O)c1c(F)cc(F)cc1F)C(=N)N. The zero-order valence-electron chi connectivity index (χ0n) is 10.8. The van der Waals surface area contributed by atoms with Crippen LogP contribution in [0.15, 0.2) is 17.0 Å². The molecule has 1 aromatic carbocycles. The molecule has 0 aliphatic rings. The fourth-order valence-electron chi connectivity index (χ4n) is 1.51. The Kier molecular flexibility index (Phi) is 4.77. The normalized spacial score (nSPS) is 13.5. The van der Waals surface area contributed by atoms with Gasteiger partial charge in [-0.1, -0.05) is 6.92 Å². The molecule has 0 aromatic heterocycles. The summed E-state index contributed by atoms with van der Waals surface area (Å²) in [7, 11) is -3.39. The van der Waals surface area contributed by atoms with E-state index in [0.29, 0.717) is 4.31 Å². The smallest absolute Gasteiger partial charge is 0.248 e. The summed E-state index contributed by atoms with van der Waals surface area (Å²) in [6, 6.07) is 0.580. The Morgan fingerprint density at radius 1 is 1.35 bits per heavy atom. The molecule has 0 fully saturated rings. The van der Waals surface area contributed by atoms with Gasteiger partial charge in [-0.05, 0) is 0 Å². The van der Waals surface area contributed by atoms with Crippen molar-refractivity contribution in [3.8, 4) is 0 Å². The minimum atomic E-state index is -4.48. The molecule has 112 valence electrons. The lowest BCUT2D eigenvalue weighted by molar-refractivity contribution is 0.428. The molecular formula is C11H14F3N3O2S. The quantitative estimate of drug-likeness (QED) is 0.635. The molecule has 5 nitrogen and oxygen atoms in total. The second kappa shape index (κ2) is 5.80. The molecule has 0 heterocycles. The summed E-state index contributed by atoms with van der Waals surface area (Å²) in [5, 5.41) is 7.17. The lowest BCUT2D eigenvalue weighted by Crippen LogP contribution is -2.36. The van der Waals surface area contributed by atoms with Gasteiger partial charge in [0.2, 0.25) is 10.0 Å². The molecule has 9 heteroatoms. The van der Waals surface area contributed by atoms with Crippen LogP contribution in [0.1, 0.15) is 6.92 Å². The maximum atomic E-state index is 13.5. The van der Waals surface area contributed by atoms with Gasteiger partial charge in [-0.3, -0.25) is 5.41 Å². The zero-order valence-corrected chi connectivity index (χ0v) is 11.6. The Labute approximate surface area is 114 Å². The molecular weight excluding hydrogens is 295 g/mol. The maximum absolute atomic E-state index is 13.5. The first-order chi connectivity index (χ1) is 9.07. The van der Waals surface area contributed by atoms with E-state index in [9.17, 15) is 21.6 Å². The number of rotatable bonds is 5. The highest BCUT2D eigenvalue weighted by Crippen LogP contribution is 2.23. The van der Waals surface area contributed by atoms with E-state index in [1.807, 2.05) is 0 Å². The Hall–Kier alpha value is -1.61. The maximum Gasteiger partial charge on any atom is 0.248 e. The van der Waals surface area contributed by atoms with Gasteiger partial charge in [-0.15, -0.1) is 0 Å². The number of halogens is 3. The molecule has 1 aromatic rings. The van der Waals surface area contributed by atoms with Crippen molar-refractivity contribution in [1.82, 2.24) is 4.31 Å². The topological polar surface area (TPSA) is 87.2 Å². The highest BCUT2D eigenvalue weighted by molar-refractivity contribution is 7.89. The lowest BCUT2D eigenvalue weighted by atomic mass is 10.2. The van der Waals surface area contributed by atoms with E-state index in [-0.39, 0.29) is 24.5 Å². The number of sulfonamides is 1. The third-order valence-corrected chi connectivity index (χ3v) is 4.57. The number of hydrogen-bond donors (Lipinski definition) is 2. The average Bonchev–Trinajstić information content (AvgIpc) is 2.26. The second-order valence-corrected chi connectivity index (χ2v) is 6.32. The van der Waals surface area contributed by atoms with Gasteiger partial charge in [0.15, 0.2) is 4.90 Å². The number of nitrogens with zero attached hydrogens (tertiary/aromatic N) is 1. The summed E-state index contributed by atoms with van der Waals surface area (Å²) in [4.78, 5) is -1.22. The van der Waals surface area contributed by atoms with Crippen LogP contribution >= 0.6 is 0 Å². The summed E-state index contributed by atoms with van der Waals surface area (Å²) in [6.45, 7) is 1.26. The van der Waals surface area contributed by atoms with E-state index in [2.05, 4.69) is 0 Å². The van der Waals surface area contributed by atoms with Gasteiger partial charge < -0.3 is 5.73 Å². The molecule has 0 saturated heterocycles. The van der Waals surface area contributed by atoms with Crippen molar-refractivity contribution in [3.05, 3.63) is 29.6 Å². The lowest BCUT2D eigenvalue weighted by Gasteiger charge is -2.21. The number of hydrogen-bond acceptors (Lipinski definition) is 3. The van der Waals surface area contributed by atoms with Crippen molar-refractivity contribution >= 4 is 15.9 Å².